The number of carbonyl (C=O) groups is 1. The van der Waals surface area contributed by atoms with Crippen molar-refractivity contribution in [2.75, 3.05) is 32.2 Å². The van der Waals surface area contributed by atoms with Crippen molar-refractivity contribution in [3.63, 3.8) is 0 Å². The summed E-state index contributed by atoms with van der Waals surface area (Å²) in [5.41, 5.74) is 1.43. The number of anilines is 1. The van der Waals surface area contributed by atoms with E-state index < -0.39 is 5.97 Å². The van der Waals surface area contributed by atoms with E-state index in [9.17, 15) is 9.59 Å². The van der Waals surface area contributed by atoms with E-state index in [4.69, 9.17) is 14.5 Å². The Kier molecular flexibility index (Phi) is 5.70. The third-order valence-electron chi connectivity index (χ3n) is 5.49. The average molecular weight is 407 g/mol. The van der Waals surface area contributed by atoms with Crippen molar-refractivity contribution in [3.05, 3.63) is 58.4 Å². The lowest BCUT2D eigenvalue weighted by Crippen LogP contribution is -2.33. The van der Waals surface area contributed by atoms with E-state index in [1.807, 2.05) is 24.3 Å². The van der Waals surface area contributed by atoms with Crippen LogP contribution in [0, 0.1) is 0 Å². The van der Waals surface area contributed by atoms with Crippen molar-refractivity contribution in [2.24, 2.45) is 0 Å². The van der Waals surface area contributed by atoms with E-state index in [0.717, 1.165) is 37.4 Å². The monoisotopic (exact) mass is 407 g/mol. The topological polar surface area (TPSA) is 73.7 Å². The Morgan fingerprint density at radius 3 is 2.30 bits per heavy atom. The van der Waals surface area contributed by atoms with Crippen LogP contribution in [0.5, 0.6) is 5.75 Å². The number of methoxy groups -OCH3 is 2. The van der Waals surface area contributed by atoms with E-state index in [-0.39, 0.29) is 5.56 Å². The van der Waals surface area contributed by atoms with Gasteiger partial charge in [0.2, 0.25) is 5.95 Å². The van der Waals surface area contributed by atoms with E-state index in [1.165, 1.54) is 20.0 Å². The highest BCUT2D eigenvalue weighted by Crippen LogP contribution is 2.24. The Morgan fingerprint density at radius 1 is 0.967 bits per heavy atom. The second kappa shape index (κ2) is 8.57. The molecule has 0 N–H and O–H groups in total. The Hall–Kier alpha value is -3.35. The first-order chi connectivity index (χ1) is 14.6. The predicted molar refractivity (Wildman–Crippen MR) is 116 cm³/mol. The van der Waals surface area contributed by atoms with Gasteiger partial charge in [-0.25, -0.2) is 14.3 Å². The Labute approximate surface area is 174 Å². The molecule has 1 saturated heterocycles. The SMILES string of the molecule is COC(=O)c1ccc2c(=O)n(-c3ccc(OC)cc3)c(N3CCCCCC3)nc2c1. The minimum Gasteiger partial charge on any atom is -0.497 e. The van der Waals surface area contributed by atoms with Gasteiger partial charge in [-0.1, -0.05) is 12.8 Å². The van der Waals surface area contributed by atoms with E-state index in [0.29, 0.717) is 22.4 Å². The largest absolute Gasteiger partial charge is 0.497 e. The van der Waals surface area contributed by atoms with E-state index in [2.05, 4.69) is 4.90 Å². The zero-order valence-electron chi connectivity index (χ0n) is 17.3. The van der Waals surface area contributed by atoms with E-state index in [1.54, 1.807) is 29.9 Å². The molecule has 0 spiro atoms. The van der Waals surface area contributed by atoms with Crippen LogP contribution in [0.15, 0.2) is 47.3 Å². The number of fused-ring (bicyclic) bond motifs is 1. The first-order valence-electron chi connectivity index (χ1n) is 10.2. The van der Waals surface area contributed by atoms with Gasteiger partial charge in [-0.05, 0) is 55.3 Å². The third kappa shape index (κ3) is 3.75. The van der Waals surface area contributed by atoms with Gasteiger partial charge in [0, 0.05) is 13.1 Å². The summed E-state index contributed by atoms with van der Waals surface area (Å²) < 4.78 is 11.7. The smallest absolute Gasteiger partial charge is 0.337 e. The summed E-state index contributed by atoms with van der Waals surface area (Å²) in [6.45, 7) is 1.68. The highest BCUT2D eigenvalue weighted by atomic mass is 16.5. The van der Waals surface area contributed by atoms with Crippen LogP contribution in [-0.2, 0) is 4.74 Å². The van der Waals surface area contributed by atoms with Crippen LogP contribution in [0.1, 0.15) is 36.0 Å². The Morgan fingerprint density at radius 2 is 1.67 bits per heavy atom. The van der Waals surface area contributed by atoms with Crippen molar-refractivity contribution in [1.82, 2.24) is 9.55 Å². The molecule has 1 aromatic heterocycles. The number of aromatic nitrogens is 2. The highest BCUT2D eigenvalue weighted by molar-refractivity contribution is 5.94. The molecule has 7 heteroatoms. The van der Waals surface area contributed by atoms with Crippen molar-refractivity contribution >= 4 is 22.8 Å². The molecule has 0 aliphatic carbocycles. The maximum atomic E-state index is 13.5. The van der Waals surface area contributed by atoms with Crippen LogP contribution in [0.25, 0.3) is 16.6 Å². The highest BCUT2D eigenvalue weighted by Gasteiger charge is 2.20. The van der Waals surface area contributed by atoms with Gasteiger partial charge in [0.25, 0.3) is 5.56 Å². The predicted octanol–water partition coefficient (Wildman–Crippen LogP) is 3.56. The van der Waals surface area contributed by atoms with Crippen LogP contribution >= 0.6 is 0 Å². The van der Waals surface area contributed by atoms with Gasteiger partial charge in [0.15, 0.2) is 0 Å². The fourth-order valence-electron chi connectivity index (χ4n) is 3.87. The number of rotatable bonds is 4. The maximum Gasteiger partial charge on any atom is 0.337 e. The van der Waals surface area contributed by atoms with Gasteiger partial charge in [0.05, 0.1) is 36.4 Å². The number of carbonyl (C=O) groups excluding carboxylic acids is 1. The summed E-state index contributed by atoms with van der Waals surface area (Å²) in [5.74, 6) is 0.871. The van der Waals surface area contributed by atoms with Crippen LogP contribution in [-0.4, -0.2) is 42.8 Å². The lowest BCUT2D eigenvalue weighted by Gasteiger charge is -2.25. The van der Waals surface area contributed by atoms with Crippen molar-refractivity contribution in [2.45, 2.75) is 25.7 Å². The molecule has 1 aliphatic rings. The number of hydrogen-bond donors (Lipinski definition) is 0. The van der Waals surface area contributed by atoms with Gasteiger partial charge in [0.1, 0.15) is 5.75 Å². The molecular formula is C23H25N3O4. The first-order valence-corrected chi connectivity index (χ1v) is 10.2. The molecule has 4 rings (SSSR count). The Bertz CT molecular complexity index is 1110. The fourth-order valence-corrected chi connectivity index (χ4v) is 3.87. The number of benzene rings is 2. The second-order valence-electron chi connectivity index (χ2n) is 7.38. The normalized spacial score (nSPS) is 14.4. The number of nitrogens with zero attached hydrogens (tertiary/aromatic N) is 3. The lowest BCUT2D eigenvalue weighted by molar-refractivity contribution is 0.0601. The maximum absolute atomic E-state index is 13.5. The van der Waals surface area contributed by atoms with Crippen LogP contribution in [0.2, 0.25) is 0 Å². The number of ether oxygens (including phenoxy) is 2. The summed E-state index contributed by atoms with van der Waals surface area (Å²) in [6.07, 6.45) is 4.45. The molecule has 2 aromatic carbocycles. The van der Waals surface area contributed by atoms with Gasteiger partial charge in [-0.15, -0.1) is 0 Å². The third-order valence-corrected chi connectivity index (χ3v) is 5.49. The summed E-state index contributed by atoms with van der Waals surface area (Å²) in [4.78, 5) is 32.5. The van der Waals surface area contributed by atoms with E-state index >= 15 is 0 Å². The molecule has 0 bridgehead atoms. The molecule has 3 aromatic rings. The summed E-state index contributed by atoms with van der Waals surface area (Å²) in [5, 5.41) is 0.456. The minimum atomic E-state index is -0.450. The molecule has 7 nitrogen and oxygen atoms in total. The molecule has 0 saturated carbocycles. The van der Waals surface area contributed by atoms with Crippen LogP contribution in [0.4, 0.5) is 5.95 Å². The molecule has 156 valence electrons. The molecule has 2 heterocycles. The van der Waals surface area contributed by atoms with Gasteiger partial charge in [-0.3, -0.25) is 4.79 Å². The van der Waals surface area contributed by atoms with Crippen LogP contribution < -0.4 is 15.2 Å². The van der Waals surface area contributed by atoms with Crippen molar-refractivity contribution in [1.29, 1.82) is 0 Å². The molecule has 0 amide bonds. The molecule has 1 fully saturated rings. The first kappa shape index (κ1) is 19.9. The number of hydrogen-bond acceptors (Lipinski definition) is 6. The summed E-state index contributed by atoms with van der Waals surface area (Å²) >= 11 is 0. The lowest BCUT2D eigenvalue weighted by atomic mass is 10.1. The molecule has 0 atom stereocenters. The zero-order valence-corrected chi connectivity index (χ0v) is 17.3. The fraction of sp³-hybridized carbons (Fsp3) is 0.348. The second-order valence-corrected chi connectivity index (χ2v) is 7.38. The van der Waals surface area contributed by atoms with Crippen LogP contribution in [0.3, 0.4) is 0 Å². The summed E-state index contributed by atoms with van der Waals surface area (Å²) in [7, 11) is 2.95. The molecule has 0 unspecified atom stereocenters. The quantitative estimate of drug-likeness (QED) is 0.616. The molecular weight excluding hydrogens is 382 g/mol. The summed E-state index contributed by atoms with van der Waals surface area (Å²) in [6, 6.07) is 12.2. The van der Waals surface area contributed by atoms with Gasteiger partial charge in [-0.2, -0.15) is 0 Å². The van der Waals surface area contributed by atoms with Gasteiger partial charge < -0.3 is 14.4 Å². The average Bonchev–Trinajstić information content (AvgIpc) is 3.08. The van der Waals surface area contributed by atoms with Crippen molar-refractivity contribution < 1.29 is 14.3 Å². The molecule has 30 heavy (non-hydrogen) atoms. The minimum absolute atomic E-state index is 0.166. The number of esters is 1. The van der Waals surface area contributed by atoms with Crippen molar-refractivity contribution in [3.8, 4) is 11.4 Å². The molecule has 1 aliphatic heterocycles. The zero-order chi connectivity index (χ0) is 21.1. The molecule has 0 radical (unpaired) electrons. The Balaban J connectivity index is 1.94. The van der Waals surface area contributed by atoms with Gasteiger partial charge >= 0.3 is 5.97 Å². The standard InChI is InChI=1S/C23H25N3O4/c1-29-18-10-8-17(9-11-18)26-21(27)19-12-7-16(22(28)30-2)15-20(19)24-23(26)25-13-5-3-4-6-14-25/h7-12,15H,3-6,13-14H2,1-2H3.